The largest absolute Gasteiger partial charge is 0.432 e. The van der Waals surface area contributed by atoms with Gasteiger partial charge in [0.15, 0.2) is 0 Å². The van der Waals surface area contributed by atoms with E-state index in [1.807, 2.05) is 0 Å². The summed E-state index contributed by atoms with van der Waals surface area (Å²) in [6.07, 6.45) is 0.790. The highest BCUT2D eigenvalue weighted by Gasteiger charge is 2.12. The number of methoxy groups -OCH3 is 1. The van der Waals surface area contributed by atoms with Gasteiger partial charge in [0.25, 0.3) is 6.01 Å². The highest BCUT2D eigenvalue weighted by Crippen LogP contribution is 2.12. The van der Waals surface area contributed by atoms with Gasteiger partial charge in [0.05, 0.1) is 25.9 Å². The average Bonchev–Trinajstić information content (AvgIpc) is 2.66. The minimum absolute atomic E-state index is 0.155. The van der Waals surface area contributed by atoms with Crippen molar-refractivity contribution in [3.63, 3.8) is 0 Å². The fraction of sp³-hybridized carbons (Fsp3) is 0.667. The minimum Gasteiger partial charge on any atom is -0.432 e. The maximum absolute atomic E-state index is 9.46. The van der Waals surface area contributed by atoms with Gasteiger partial charge in [-0.2, -0.15) is 4.98 Å². The summed E-state index contributed by atoms with van der Waals surface area (Å²) in [5.74, 6) is 0. The van der Waals surface area contributed by atoms with Gasteiger partial charge < -0.3 is 24.3 Å². The van der Waals surface area contributed by atoms with Crippen molar-refractivity contribution in [3.05, 3.63) is 12.0 Å². The van der Waals surface area contributed by atoms with Crippen LogP contribution in [0.4, 0.5) is 6.01 Å². The quantitative estimate of drug-likeness (QED) is 0.674. The molecular formula is C9H16N2O4. The standard InChI is InChI=1S/C9H16N2O4/c1-11(3-8(13)6-14-2)9-10-7(4-12)5-15-9/h5,8,12-13H,3-4,6H2,1-2H3. The molecule has 6 nitrogen and oxygen atoms in total. The van der Waals surface area contributed by atoms with Gasteiger partial charge in [-0.05, 0) is 0 Å². The van der Waals surface area contributed by atoms with Crippen LogP contribution in [0.1, 0.15) is 5.69 Å². The topological polar surface area (TPSA) is 79.0 Å². The van der Waals surface area contributed by atoms with Gasteiger partial charge in [0, 0.05) is 14.2 Å². The summed E-state index contributed by atoms with van der Waals surface area (Å²) in [6, 6.07) is 0.370. The molecule has 0 saturated carbocycles. The smallest absolute Gasteiger partial charge is 0.297 e. The summed E-state index contributed by atoms with van der Waals surface area (Å²) in [5.41, 5.74) is 0.470. The van der Waals surface area contributed by atoms with Crippen LogP contribution in [-0.2, 0) is 11.3 Å². The van der Waals surface area contributed by atoms with Crippen LogP contribution >= 0.6 is 0 Å². The van der Waals surface area contributed by atoms with Gasteiger partial charge in [0.2, 0.25) is 0 Å². The minimum atomic E-state index is -0.593. The molecule has 0 aromatic carbocycles. The Kier molecular flexibility index (Phi) is 4.54. The summed E-state index contributed by atoms with van der Waals surface area (Å²) >= 11 is 0. The van der Waals surface area contributed by atoms with Gasteiger partial charge in [0.1, 0.15) is 12.0 Å². The lowest BCUT2D eigenvalue weighted by molar-refractivity contribution is 0.0689. The van der Waals surface area contributed by atoms with Crippen molar-refractivity contribution in [2.45, 2.75) is 12.7 Å². The molecule has 0 radical (unpaired) electrons. The van der Waals surface area contributed by atoms with E-state index in [0.29, 0.717) is 18.3 Å². The number of aliphatic hydroxyl groups is 2. The summed E-state index contributed by atoms with van der Waals surface area (Å²) in [5, 5.41) is 18.2. The third-order valence-corrected chi connectivity index (χ3v) is 1.87. The second-order valence-electron chi connectivity index (χ2n) is 3.27. The number of ether oxygens (including phenoxy) is 1. The maximum Gasteiger partial charge on any atom is 0.297 e. The molecule has 0 aliphatic rings. The van der Waals surface area contributed by atoms with E-state index < -0.39 is 6.10 Å². The Morgan fingerprint density at radius 3 is 2.93 bits per heavy atom. The van der Waals surface area contributed by atoms with Crippen LogP contribution in [0.15, 0.2) is 10.7 Å². The number of oxazole rings is 1. The first-order valence-electron chi connectivity index (χ1n) is 4.60. The summed E-state index contributed by atoms with van der Waals surface area (Å²) in [7, 11) is 3.27. The van der Waals surface area contributed by atoms with Crippen LogP contribution in [0, 0.1) is 0 Å². The third-order valence-electron chi connectivity index (χ3n) is 1.87. The molecule has 0 aliphatic heterocycles. The van der Waals surface area contributed by atoms with Gasteiger partial charge >= 0.3 is 0 Å². The first-order chi connectivity index (χ1) is 7.17. The predicted octanol–water partition coefficient (Wildman–Crippen LogP) is -0.390. The Morgan fingerprint density at radius 1 is 1.67 bits per heavy atom. The van der Waals surface area contributed by atoms with Gasteiger partial charge in [-0.3, -0.25) is 0 Å². The second-order valence-corrected chi connectivity index (χ2v) is 3.27. The molecule has 1 atom stereocenters. The molecule has 0 spiro atoms. The van der Waals surface area contributed by atoms with E-state index in [1.54, 1.807) is 11.9 Å². The molecule has 86 valence electrons. The molecule has 0 amide bonds. The van der Waals surface area contributed by atoms with Crippen LogP contribution in [0.3, 0.4) is 0 Å². The molecule has 2 N–H and O–H groups in total. The van der Waals surface area contributed by atoms with E-state index in [9.17, 15) is 5.11 Å². The number of rotatable bonds is 6. The zero-order chi connectivity index (χ0) is 11.3. The molecule has 0 aliphatic carbocycles. The number of likely N-dealkylation sites (N-methyl/N-ethyl adjacent to an activating group) is 1. The highest BCUT2D eigenvalue weighted by molar-refractivity contribution is 5.25. The molecule has 0 fully saturated rings. The van der Waals surface area contributed by atoms with Crippen LogP contribution in [0.2, 0.25) is 0 Å². The number of hydrogen-bond acceptors (Lipinski definition) is 6. The summed E-state index contributed by atoms with van der Waals surface area (Å²) < 4.78 is 9.90. The fourth-order valence-corrected chi connectivity index (χ4v) is 1.18. The van der Waals surface area contributed by atoms with E-state index in [2.05, 4.69) is 4.98 Å². The van der Waals surface area contributed by atoms with E-state index in [1.165, 1.54) is 13.4 Å². The average molecular weight is 216 g/mol. The number of nitrogens with zero attached hydrogens (tertiary/aromatic N) is 2. The Labute approximate surface area is 88.1 Å². The van der Waals surface area contributed by atoms with Crippen LogP contribution in [0.5, 0.6) is 0 Å². The first kappa shape index (κ1) is 12.0. The maximum atomic E-state index is 9.46. The first-order valence-corrected chi connectivity index (χ1v) is 4.60. The van der Waals surface area contributed by atoms with E-state index in [4.69, 9.17) is 14.3 Å². The molecule has 1 heterocycles. The molecule has 1 rings (SSSR count). The van der Waals surface area contributed by atoms with Crippen molar-refractivity contribution in [2.75, 3.05) is 32.2 Å². The van der Waals surface area contributed by atoms with Crippen molar-refractivity contribution < 1.29 is 19.4 Å². The number of hydrogen-bond donors (Lipinski definition) is 2. The normalized spacial score (nSPS) is 12.8. The van der Waals surface area contributed by atoms with Gasteiger partial charge in [-0.15, -0.1) is 0 Å². The van der Waals surface area contributed by atoms with E-state index >= 15 is 0 Å². The summed E-state index contributed by atoms with van der Waals surface area (Å²) in [6.45, 7) is 0.467. The lowest BCUT2D eigenvalue weighted by atomic mass is 10.3. The summed E-state index contributed by atoms with van der Waals surface area (Å²) in [4.78, 5) is 5.65. The van der Waals surface area contributed by atoms with Crippen LogP contribution in [-0.4, -0.2) is 48.6 Å². The molecule has 0 saturated heterocycles. The van der Waals surface area contributed by atoms with E-state index in [0.717, 1.165) is 0 Å². The zero-order valence-electron chi connectivity index (χ0n) is 8.88. The highest BCUT2D eigenvalue weighted by atomic mass is 16.5. The van der Waals surface area contributed by atoms with Crippen LogP contribution in [0.25, 0.3) is 0 Å². The van der Waals surface area contributed by atoms with Crippen LogP contribution < -0.4 is 4.90 Å². The lowest BCUT2D eigenvalue weighted by Gasteiger charge is -2.18. The molecule has 15 heavy (non-hydrogen) atoms. The molecule has 1 aromatic rings. The van der Waals surface area contributed by atoms with Crippen molar-refractivity contribution >= 4 is 6.01 Å². The van der Waals surface area contributed by atoms with E-state index in [-0.39, 0.29) is 13.2 Å². The Hall–Kier alpha value is -1.11. The number of aromatic nitrogens is 1. The zero-order valence-corrected chi connectivity index (χ0v) is 8.88. The van der Waals surface area contributed by atoms with Crippen molar-refractivity contribution in [3.8, 4) is 0 Å². The Bertz CT molecular complexity index is 289. The number of aliphatic hydroxyl groups excluding tert-OH is 2. The number of anilines is 1. The third kappa shape index (κ3) is 3.50. The molecular weight excluding hydrogens is 200 g/mol. The van der Waals surface area contributed by atoms with Gasteiger partial charge in [-0.1, -0.05) is 0 Å². The van der Waals surface area contributed by atoms with Gasteiger partial charge in [-0.25, -0.2) is 0 Å². The van der Waals surface area contributed by atoms with Crippen molar-refractivity contribution in [1.29, 1.82) is 0 Å². The second kappa shape index (κ2) is 5.69. The monoisotopic (exact) mass is 216 g/mol. The fourth-order valence-electron chi connectivity index (χ4n) is 1.18. The molecule has 1 aromatic heterocycles. The Morgan fingerprint density at radius 2 is 2.40 bits per heavy atom. The molecule has 1 unspecified atom stereocenters. The predicted molar refractivity (Wildman–Crippen MR) is 53.6 cm³/mol. The molecule has 6 heteroatoms. The Balaban J connectivity index is 2.49. The lowest BCUT2D eigenvalue weighted by Crippen LogP contribution is -2.32. The molecule has 0 bridgehead atoms. The van der Waals surface area contributed by atoms with Crippen molar-refractivity contribution in [1.82, 2.24) is 4.98 Å². The van der Waals surface area contributed by atoms with Crippen molar-refractivity contribution in [2.24, 2.45) is 0 Å². The SMILES string of the molecule is COCC(O)CN(C)c1nc(CO)co1.